The average molecular weight is 409 g/mol. The molecule has 1 unspecified atom stereocenters. The maximum Gasteiger partial charge on any atom is 0.138 e. The van der Waals surface area contributed by atoms with Crippen molar-refractivity contribution in [1.29, 1.82) is 0 Å². The van der Waals surface area contributed by atoms with Gasteiger partial charge in [0.15, 0.2) is 0 Å². The second kappa shape index (κ2) is 9.38. The van der Waals surface area contributed by atoms with E-state index in [4.69, 9.17) is 4.74 Å². The maximum atomic E-state index is 10.9. The van der Waals surface area contributed by atoms with E-state index in [0.717, 1.165) is 24.3 Å². The van der Waals surface area contributed by atoms with Gasteiger partial charge in [-0.05, 0) is 42.7 Å². The molecule has 2 heterocycles. The van der Waals surface area contributed by atoms with Gasteiger partial charge in [0, 0.05) is 26.1 Å². The van der Waals surface area contributed by atoms with Gasteiger partial charge in [0.2, 0.25) is 0 Å². The first kappa shape index (κ1) is 20.5. The van der Waals surface area contributed by atoms with Gasteiger partial charge in [-0.25, -0.2) is 9.67 Å². The molecule has 7 nitrogen and oxygen atoms in total. The molecular formula is C23H28N4O3. The van der Waals surface area contributed by atoms with Gasteiger partial charge in [0.1, 0.15) is 31.1 Å². The summed E-state index contributed by atoms with van der Waals surface area (Å²) in [6.45, 7) is 2.31. The number of rotatable bonds is 8. The van der Waals surface area contributed by atoms with Crippen molar-refractivity contribution in [2.75, 3.05) is 26.2 Å². The minimum absolute atomic E-state index is 0.230. The summed E-state index contributed by atoms with van der Waals surface area (Å²) in [6, 6.07) is 17.6. The number of likely N-dealkylation sites (tertiary alicyclic amines) is 1. The predicted molar refractivity (Wildman–Crippen MR) is 114 cm³/mol. The molecule has 2 aromatic carbocycles. The fourth-order valence-corrected chi connectivity index (χ4v) is 3.88. The third-order valence-corrected chi connectivity index (χ3v) is 5.59. The Kier molecular flexibility index (Phi) is 6.42. The first-order valence-electron chi connectivity index (χ1n) is 10.3. The zero-order chi connectivity index (χ0) is 20.8. The molecule has 2 N–H and O–H groups in total. The third-order valence-electron chi connectivity index (χ3n) is 5.59. The molecule has 1 saturated heterocycles. The summed E-state index contributed by atoms with van der Waals surface area (Å²) in [5.41, 5.74) is 1.40. The van der Waals surface area contributed by atoms with E-state index in [0.29, 0.717) is 31.6 Å². The molecule has 1 aliphatic rings. The van der Waals surface area contributed by atoms with Crippen LogP contribution in [0.15, 0.2) is 67.3 Å². The van der Waals surface area contributed by atoms with Crippen LogP contribution in [0, 0.1) is 0 Å². The number of aliphatic hydroxyl groups excluding tert-OH is 1. The number of aromatic nitrogens is 3. The summed E-state index contributed by atoms with van der Waals surface area (Å²) in [7, 11) is 0. The van der Waals surface area contributed by atoms with Gasteiger partial charge in [-0.1, -0.05) is 30.3 Å². The van der Waals surface area contributed by atoms with E-state index in [-0.39, 0.29) is 6.61 Å². The smallest absolute Gasteiger partial charge is 0.138 e. The SMILES string of the molecule is OC(COc1ccc(-n2cncn2)cc1)CN1CCC(O)(Cc2ccccc2)CC1. The van der Waals surface area contributed by atoms with Gasteiger partial charge in [0.25, 0.3) is 0 Å². The van der Waals surface area contributed by atoms with Crippen molar-refractivity contribution < 1.29 is 14.9 Å². The Morgan fingerprint density at radius 3 is 2.43 bits per heavy atom. The van der Waals surface area contributed by atoms with Crippen LogP contribution in [-0.4, -0.2) is 67.8 Å². The molecule has 0 radical (unpaired) electrons. The van der Waals surface area contributed by atoms with Gasteiger partial charge < -0.3 is 19.8 Å². The van der Waals surface area contributed by atoms with Crippen LogP contribution in [0.25, 0.3) is 5.69 Å². The molecule has 1 fully saturated rings. The van der Waals surface area contributed by atoms with Crippen LogP contribution < -0.4 is 4.74 Å². The van der Waals surface area contributed by atoms with Crippen molar-refractivity contribution in [2.45, 2.75) is 31.0 Å². The number of hydrogen-bond donors (Lipinski definition) is 2. The van der Waals surface area contributed by atoms with Crippen LogP contribution in [0.5, 0.6) is 5.75 Å². The number of piperidine rings is 1. The summed E-state index contributed by atoms with van der Waals surface area (Å²) in [4.78, 5) is 6.13. The van der Waals surface area contributed by atoms with E-state index in [1.165, 1.54) is 6.33 Å². The summed E-state index contributed by atoms with van der Waals surface area (Å²) >= 11 is 0. The lowest BCUT2D eigenvalue weighted by Crippen LogP contribution is -2.48. The average Bonchev–Trinajstić information content (AvgIpc) is 3.30. The minimum Gasteiger partial charge on any atom is -0.491 e. The maximum absolute atomic E-state index is 10.9. The lowest BCUT2D eigenvalue weighted by atomic mass is 9.85. The Hall–Kier alpha value is -2.74. The van der Waals surface area contributed by atoms with Crippen molar-refractivity contribution in [1.82, 2.24) is 19.7 Å². The fourth-order valence-electron chi connectivity index (χ4n) is 3.88. The Labute approximate surface area is 176 Å². The molecule has 0 amide bonds. The highest BCUT2D eigenvalue weighted by molar-refractivity contribution is 5.36. The van der Waals surface area contributed by atoms with Crippen LogP contribution in [0.4, 0.5) is 0 Å². The quantitative estimate of drug-likeness (QED) is 0.594. The van der Waals surface area contributed by atoms with Gasteiger partial charge in [-0.3, -0.25) is 0 Å². The van der Waals surface area contributed by atoms with E-state index < -0.39 is 11.7 Å². The molecule has 7 heteroatoms. The molecule has 3 aromatic rings. The van der Waals surface area contributed by atoms with Crippen molar-refractivity contribution in [3.05, 3.63) is 72.8 Å². The molecule has 1 aromatic heterocycles. The zero-order valence-corrected chi connectivity index (χ0v) is 17.0. The van der Waals surface area contributed by atoms with Gasteiger partial charge >= 0.3 is 0 Å². The lowest BCUT2D eigenvalue weighted by molar-refractivity contribution is -0.0325. The highest BCUT2D eigenvalue weighted by Crippen LogP contribution is 2.26. The normalized spacial score (nSPS) is 17.5. The molecule has 4 rings (SSSR count). The summed E-state index contributed by atoms with van der Waals surface area (Å²) in [6.07, 6.45) is 4.64. The summed E-state index contributed by atoms with van der Waals surface area (Å²) < 4.78 is 7.40. The van der Waals surface area contributed by atoms with Crippen LogP contribution in [0.1, 0.15) is 18.4 Å². The van der Waals surface area contributed by atoms with E-state index >= 15 is 0 Å². The molecule has 0 aliphatic carbocycles. The van der Waals surface area contributed by atoms with Crippen molar-refractivity contribution in [2.24, 2.45) is 0 Å². The standard InChI is InChI=1S/C23H28N4O3/c28-21(16-30-22-8-6-20(7-9-22)27-18-24-17-25-27)15-26-12-10-23(29,11-13-26)14-19-4-2-1-3-5-19/h1-9,17-18,21,28-29H,10-16H2. The first-order chi connectivity index (χ1) is 14.6. The van der Waals surface area contributed by atoms with Crippen LogP contribution in [0.2, 0.25) is 0 Å². The molecule has 0 spiro atoms. The Morgan fingerprint density at radius 2 is 1.77 bits per heavy atom. The number of nitrogens with zero attached hydrogens (tertiary/aromatic N) is 4. The van der Waals surface area contributed by atoms with Gasteiger partial charge in [-0.15, -0.1) is 0 Å². The molecule has 0 saturated carbocycles. The molecule has 158 valence electrons. The Balaban J connectivity index is 1.20. The van der Waals surface area contributed by atoms with Crippen LogP contribution >= 0.6 is 0 Å². The minimum atomic E-state index is -0.662. The monoisotopic (exact) mass is 408 g/mol. The first-order valence-corrected chi connectivity index (χ1v) is 10.3. The van der Waals surface area contributed by atoms with E-state index in [9.17, 15) is 10.2 Å². The number of ether oxygens (including phenoxy) is 1. The molecule has 1 aliphatic heterocycles. The number of benzene rings is 2. The van der Waals surface area contributed by atoms with Crippen molar-refractivity contribution in [3.63, 3.8) is 0 Å². The molecule has 30 heavy (non-hydrogen) atoms. The largest absolute Gasteiger partial charge is 0.491 e. The second-order valence-corrected chi connectivity index (χ2v) is 7.99. The summed E-state index contributed by atoms with van der Waals surface area (Å²) in [5, 5.41) is 25.4. The van der Waals surface area contributed by atoms with Crippen molar-refractivity contribution >= 4 is 0 Å². The Morgan fingerprint density at radius 1 is 1.03 bits per heavy atom. The Bertz CT molecular complexity index is 892. The van der Waals surface area contributed by atoms with E-state index in [1.54, 1.807) is 11.0 Å². The highest BCUT2D eigenvalue weighted by atomic mass is 16.5. The highest BCUT2D eigenvalue weighted by Gasteiger charge is 2.32. The van der Waals surface area contributed by atoms with Gasteiger partial charge in [-0.2, -0.15) is 5.10 Å². The molecular weight excluding hydrogens is 380 g/mol. The molecule has 0 bridgehead atoms. The van der Waals surface area contributed by atoms with Crippen molar-refractivity contribution in [3.8, 4) is 11.4 Å². The number of hydrogen-bond acceptors (Lipinski definition) is 6. The van der Waals surface area contributed by atoms with Crippen LogP contribution in [-0.2, 0) is 6.42 Å². The lowest BCUT2D eigenvalue weighted by Gasteiger charge is -2.39. The number of aliphatic hydroxyl groups is 2. The predicted octanol–water partition coefficient (Wildman–Crippen LogP) is 2.08. The molecule has 1 atom stereocenters. The van der Waals surface area contributed by atoms with Crippen LogP contribution in [0.3, 0.4) is 0 Å². The zero-order valence-electron chi connectivity index (χ0n) is 17.0. The van der Waals surface area contributed by atoms with Gasteiger partial charge in [0.05, 0.1) is 11.3 Å². The topological polar surface area (TPSA) is 83.6 Å². The van der Waals surface area contributed by atoms with E-state index in [1.807, 2.05) is 42.5 Å². The number of β-amino-alcohol motifs (C(OH)–C–C–N with tert-alkyl or cyclic N) is 1. The fraction of sp³-hybridized carbons (Fsp3) is 0.391. The third kappa shape index (κ3) is 5.44. The second-order valence-electron chi connectivity index (χ2n) is 7.99. The summed E-state index contributed by atoms with van der Waals surface area (Å²) in [5.74, 6) is 0.703. The van der Waals surface area contributed by atoms with E-state index in [2.05, 4.69) is 27.1 Å².